The van der Waals surface area contributed by atoms with Crippen LogP contribution in [0.15, 0.2) is 36.5 Å². The lowest BCUT2D eigenvalue weighted by molar-refractivity contribution is -0.332. The molecule has 62 heavy (non-hydrogen) atoms. The molecule has 2 saturated heterocycles. The average molecular weight is 887 g/mol. The molecule has 14 heteroatoms. The fourth-order valence-corrected chi connectivity index (χ4v) is 7.37. The highest BCUT2D eigenvalue weighted by molar-refractivity contribution is 5.69. The van der Waals surface area contributed by atoms with E-state index in [2.05, 4.69) is 50.3 Å². The zero-order chi connectivity index (χ0) is 45.2. The number of unbranched alkanes of at least 4 members (excludes halogenated alkanes) is 17. The molecule has 14 nitrogen and oxygen atoms in total. The van der Waals surface area contributed by atoms with Crippen LogP contribution < -0.4 is 0 Å². The van der Waals surface area contributed by atoms with Gasteiger partial charge in [-0.25, -0.2) is 0 Å². The zero-order valence-corrected chi connectivity index (χ0v) is 38.1. The van der Waals surface area contributed by atoms with E-state index in [1.165, 1.54) is 57.8 Å². The summed E-state index contributed by atoms with van der Waals surface area (Å²) in [4.78, 5) is 12.9. The molecule has 0 spiro atoms. The van der Waals surface area contributed by atoms with E-state index in [1.54, 1.807) is 0 Å². The molecule has 0 radical (unpaired) electrons. The Balaban J connectivity index is 1.77. The predicted octanol–water partition coefficient (Wildman–Crippen LogP) is 6.24. The Bertz CT molecular complexity index is 1170. The smallest absolute Gasteiger partial charge is 0.306 e. The number of aliphatic hydroxyl groups is 7. The summed E-state index contributed by atoms with van der Waals surface area (Å²) in [5.41, 5.74) is 0. The summed E-state index contributed by atoms with van der Waals surface area (Å²) >= 11 is 0. The average Bonchev–Trinajstić information content (AvgIpc) is 3.27. The highest BCUT2D eigenvalue weighted by Gasteiger charge is 2.47. The summed E-state index contributed by atoms with van der Waals surface area (Å²) in [6.45, 7) is 3.56. The molecule has 7 N–H and O–H groups in total. The number of ether oxygens (including phenoxy) is 6. The van der Waals surface area contributed by atoms with E-state index in [1.807, 2.05) is 0 Å². The Morgan fingerprint density at radius 1 is 0.532 bits per heavy atom. The summed E-state index contributed by atoms with van der Waals surface area (Å²) in [7, 11) is 0. The van der Waals surface area contributed by atoms with Crippen molar-refractivity contribution in [2.24, 2.45) is 0 Å². The van der Waals surface area contributed by atoms with Crippen molar-refractivity contribution in [3.8, 4) is 0 Å². The van der Waals surface area contributed by atoms with Gasteiger partial charge in [0.1, 0.15) is 54.9 Å². The van der Waals surface area contributed by atoms with Crippen molar-refractivity contribution in [2.45, 2.75) is 229 Å². The van der Waals surface area contributed by atoms with E-state index >= 15 is 0 Å². The number of carbonyl (C=O) groups is 1. The Morgan fingerprint density at radius 2 is 1.03 bits per heavy atom. The minimum atomic E-state index is -1.71. The maximum absolute atomic E-state index is 12.9. The van der Waals surface area contributed by atoms with E-state index in [9.17, 15) is 40.5 Å². The normalized spacial score (nSPS) is 27.5. The fraction of sp³-hybridized carbons (Fsp3) is 0.854. The summed E-state index contributed by atoms with van der Waals surface area (Å²) < 4.78 is 34.1. The summed E-state index contributed by atoms with van der Waals surface area (Å²) in [5, 5.41) is 71.9. The summed E-state index contributed by atoms with van der Waals surface area (Å²) in [6.07, 6.45) is 22.2. The van der Waals surface area contributed by atoms with Gasteiger partial charge in [-0.2, -0.15) is 0 Å². The molecule has 11 atom stereocenters. The Labute approximate surface area is 372 Å². The van der Waals surface area contributed by atoms with Gasteiger partial charge in [-0.15, -0.1) is 0 Å². The van der Waals surface area contributed by atoms with Crippen molar-refractivity contribution in [1.29, 1.82) is 0 Å². The Hall–Kier alpha value is -1.79. The molecule has 0 amide bonds. The van der Waals surface area contributed by atoms with Crippen molar-refractivity contribution in [2.75, 3.05) is 33.0 Å². The van der Waals surface area contributed by atoms with Crippen LogP contribution in [0.5, 0.6) is 0 Å². The first-order valence-electron chi connectivity index (χ1n) is 24.1. The molecule has 0 aromatic heterocycles. The maximum atomic E-state index is 12.9. The number of esters is 1. The lowest BCUT2D eigenvalue weighted by atomic mass is 9.98. The van der Waals surface area contributed by atoms with Gasteiger partial charge in [0.2, 0.25) is 0 Å². The van der Waals surface area contributed by atoms with Crippen LogP contribution in [-0.2, 0) is 33.2 Å². The molecule has 0 aromatic rings. The van der Waals surface area contributed by atoms with Gasteiger partial charge in [0.15, 0.2) is 12.6 Å². The minimum Gasteiger partial charge on any atom is -0.457 e. The molecule has 362 valence electrons. The molecule has 2 aliphatic heterocycles. The third-order valence-corrected chi connectivity index (χ3v) is 11.4. The molecule has 2 rings (SSSR count). The van der Waals surface area contributed by atoms with Crippen molar-refractivity contribution >= 4 is 5.97 Å². The lowest BCUT2D eigenvalue weighted by Crippen LogP contribution is -2.61. The van der Waals surface area contributed by atoms with E-state index in [4.69, 9.17) is 28.4 Å². The molecular formula is C48H86O14. The molecule has 0 bridgehead atoms. The van der Waals surface area contributed by atoms with Crippen LogP contribution in [0.2, 0.25) is 0 Å². The monoisotopic (exact) mass is 887 g/mol. The van der Waals surface area contributed by atoms with Crippen LogP contribution in [0.4, 0.5) is 0 Å². The number of hydrogen-bond acceptors (Lipinski definition) is 14. The predicted molar refractivity (Wildman–Crippen MR) is 238 cm³/mol. The third kappa shape index (κ3) is 24.5. The summed E-state index contributed by atoms with van der Waals surface area (Å²) in [6, 6.07) is 0. The molecule has 0 aromatic carbocycles. The van der Waals surface area contributed by atoms with E-state index in [-0.39, 0.29) is 19.6 Å². The Kier molecular flexibility index (Phi) is 33.1. The van der Waals surface area contributed by atoms with Crippen LogP contribution in [-0.4, -0.2) is 142 Å². The SMILES string of the molecule is CCC/C=C\CCCCCCCC(=O)OC(COCCCCCCCCCC/C=C\C/C=C\CCCCC)COC1OC(COC2OC(CO)C(O)C(O)C2O)C(O)C(O)C1O. The molecule has 2 heterocycles. The quantitative estimate of drug-likeness (QED) is 0.0209. The van der Waals surface area contributed by atoms with Crippen molar-refractivity contribution in [3.05, 3.63) is 36.5 Å². The van der Waals surface area contributed by atoms with Crippen LogP contribution in [0.3, 0.4) is 0 Å². The van der Waals surface area contributed by atoms with Crippen LogP contribution in [0.1, 0.15) is 162 Å². The topological polar surface area (TPSA) is 214 Å². The second kappa shape index (κ2) is 36.4. The molecule has 2 fully saturated rings. The lowest BCUT2D eigenvalue weighted by Gasteiger charge is -2.42. The fourth-order valence-electron chi connectivity index (χ4n) is 7.37. The number of aliphatic hydroxyl groups excluding tert-OH is 7. The van der Waals surface area contributed by atoms with Crippen molar-refractivity contribution < 1.29 is 69.0 Å². The van der Waals surface area contributed by atoms with Gasteiger partial charge in [-0.3, -0.25) is 4.79 Å². The zero-order valence-electron chi connectivity index (χ0n) is 38.1. The Morgan fingerprint density at radius 3 is 1.63 bits per heavy atom. The minimum absolute atomic E-state index is 0.0542. The molecule has 0 aliphatic carbocycles. The molecule has 0 saturated carbocycles. The van der Waals surface area contributed by atoms with Gasteiger partial charge in [0, 0.05) is 13.0 Å². The second-order valence-corrected chi connectivity index (χ2v) is 16.9. The van der Waals surface area contributed by atoms with E-state index in [0.717, 1.165) is 77.0 Å². The van der Waals surface area contributed by atoms with Crippen molar-refractivity contribution in [1.82, 2.24) is 0 Å². The highest BCUT2D eigenvalue weighted by atomic mass is 16.7. The van der Waals surface area contributed by atoms with Gasteiger partial charge in [-0.1, -0.05) is 127 Å². The number of carbonyl (C=O) groups excluding carboxylic acids is 1. The second-order valence-electron chi connectivity index (χ2n) is 16.9. The summed E-state index contributed by atoms with van der Waals surface area (Å²) in [5.74, 6) is -0.391. The van der Waals surface area contributed by atoms with Gasteiger partial charge >= 0.3 is 5.97 Å². The third-order valence-electron chi connectivity index (χ3n) is 11.4. The van der Waals surface area contributed by atoms with Crippen LogP contribution >= 0.6 is 0 Å². The van der Waals surface area contributed by atoms with Gasteiger partial charge in [0.05, 0.1) is 26.4 Å². The molecule has 2 aliphatic rings. The standard InChI is InChI=1S/C48H86O14/c1-3-5-7-9-11-13-15-16-17-18-19-20-21-22-24-26-28-30-32-57-34-37(60-40(50)31-29-27-25-23-14-12-10-8-6-4-2)35-58-47-46(56)44(54)42(52)39(62-47)36-59-48-45(55)43(53)41(51)38(33-49)61-48/h8,10-11,13,16-17,37-39,41-49,51-56H,3-7,9,12,14-15,18-36H2,1-2H3/b10-8-,13-11-,17-16-. The van der Waals surface area contributed by atoms with E-state index < -0.39 is 86.7 Å². The maximum Gasteiger partial charge on any atom is 0.306 e. The van der Waals surface area contributed by atoms with Gasteiger partial charge in [0.25, 0.3) is 0 Å². The van der Waals surface area contributed by atoms with Gasteiger partial charge in [-0.05, 0) is 64.2 Å². The molecular weight excluding hydrogens is 801 g/mol. The number of hydrogen-bond donors (Lipinski definition) is 7. The first-order chi connectivity index (χ1) is 30.1. The largest absolute Gasteiger partial charge is 0.457 e. The number of allylic oxidation sites excluding steroid dienone is 6. The van der Waals surface area contributed by atoms with E-state index in [0.29, 0.717) is 13.0 Å². The van der Waals surface area contributed by atoms with Gasteiger partial charge < -0.3 is 64.2 Å². The number of rotatable bonds is 37. The van der Waals surface area contributed by atoms with Crippen molar-refractivity contribution in [3.63, 3.8) is 0 Å². The first-order valence-corrected chi connectivity index (χ1v) is 24.1. The highest BCUT2D eigenvalue weighted by Crippen LogP contribution is 2.26. The first kappa shape index (κ1) is 56.3. The van der Waals surface area contributed by atoms with Crippen LogP contribution in [0.25, 0.3) is 0 Å². The molecule has 11 unspecified atom stereocenters. The van der Waals surface area contributed by atoms with Crippen LogP contribution in [0, 0.1) is 0 Å².